The van der Waals surface area contributed by atoms with E-state index in [9.17, 15) is 0 Å². The zero-order valence-electron chi connectivity index (χ0n) is 44.9. The molecule has 0 spiro atoms. The van der Waals surface area contributed by atoms with Gasteiger partial charge in [0.2, 0.25) is 0 Å². The molecule has 4 aliphatic rings. The number of aryl methyl sites for hydroxylation is 4. The number of hydrogen-bond donors (Lipinski definition) is 1. The van der Waals surface area contributed by atoms with Crippen LogP contribution in [0.3, 0.4) is 0 Å². The summed E-state index contributed by atoms with van der Waals surface area (Å²) in [5.41, 5.74) is 34.9. The summed E-state index contributed by atoms with van der Waals surface area (Å²) in [6.07, 6.45) is 14.6. The SMILES string of the molecule is Cc1cc2c(cc1Cl)-c1c(C3CCCCC3)cccc1C2(C)C.Cc1ccc(-c2ccccc2)cc1Cc1cc2c(cc1C)C(C)(C)c1cccc(C3CCCCC3)c1-2.Cc1ccc(-c2ccccc2)cc1N. The highest BCUT2D eigenvalue weighted by molar-refractivity contribution is 6.31. The third-order valence-corrected chi connectivity index (χ3v) is 17.9. The lowest BCUT2D eigenvalue weighted by Gasteiger charge is -2.26. The van der Waals surface area contributed by atoms with Crippen LogP contribution in [0.15, 0.2) is 158 Å². The second-order valence-corrected chi connectivity index (χ2v) is 23.5. The van der Waals surface area contributed by atoms with Crippen molar-refractivity contribution in [2.75, 3.05) is 5.73 Å². The van der Waals surface area contributed by atoms with Gasteiger partial charge in [0.1, 0.15) is 0 Å². The van der Waals surface area contributed by atoms with Gasteiger partial charge < -0.3 is 5.73 Å². The van der Waals surface area contributed by atoms with Gasteiger partial charge in [0.15, 0.2) is 0 Å². The fraction of sp³-hybridized carbons (Fsp3) is 0.324. The largest absolute Gasteiger partial charge is 0.398 e. The molecule has 0 unspecified atom stereocenters. The predicted octanol–water partition coefficient (Wildman–Crippen LogP) is 20.2. The summed E-state index contributed by atoms with van der Waals surface area (Å²) in [6, 6.07) is 57.8. The Morgan fingerprint density at radius 1 is 0.411 bits per heavy atom. The van der Waals surface area contributed by atoms with Crippen LogP contribution < -0.4 is 5.73 Å². The standard InChI is InChI=1S/C36H38.C22H25Cl.C13H13N/c1-24-18-19-28(26-12-7-5-8-13-26)21-29(24)22-30-23-32-34(20-25(30)2)36(3,4)33-17-11-16-31(35(32)33)27-14-9-6-10-15-27;1-14-12-19-17(13-20(14)23)21-16(15-8-5-4-6-9-15)10-7-11-18(21)22(19,2)3;1-10-7-8-12(9-13(10)14)11-5-3-2-4-6-11/h5,7-8,11-13,16-21,23,27H,6,9-10,14-15,22H2,1-4H3;7,10-13,15H,4-6,8-9H2,1-3H3;2-9H,14H2,1H3. The monoisotopic (exact) mass is 978 g/mol. The van der Waals surface area contributed by atoms with Gasteiger partial charge in [-0.05, 0) is 195 Å². The Morgan fingerprint density at radius 3 is 1.37 bits per heavy atom. The Kier molecular flexibility index (Phi) is 14.5. The van der Waals surface area contributed by atoms with Crippen molar-refractivity contribution in [3.63, 3.8) is 0 Å². The summed E-state index contributed by atoms with van der Waals surface area (Å²) >= 11 is 6.49. The minimum atomic E-state index is 0.0573. The molecule has 0 amide bonds. The number of benzene rings is 8. The molecule has 73 heavy (non-hydrogen) atoms. The molecule has 8 aromatic rings. The van der Waals surface area contributed by atoms with Crippen molar-refractivity contribution in [3.8, 4) is 44.5 Å². The molecule has 0 aliphatic heterocycles. The highest BCUT2D eigenvalue weighted by Gasteiger charge is 2.40. The van der Waals surface area contributed by atoms with Gasteiger partial charge in [0, 0.05) is 21.5 Å². The quantitative estimate of drug-likeness (QED) is 0.165. The average molecular weight is 979 g/mol. The van der Waals surface area contributed by atoms with E-state index in [1.165, 1.54) is 153 Å². The van der Waals surface area contributed by atoms with Gasteiger partial charge in [0.05, 0.1) is 0 Å². The molecular formula is C71H76ClN. The third-order valence-electron chi connectivity index (χ3n) is 17.5. The molecule has 2 N–H and O–H groups in total. The lowest BCUT2D eigenvalue weighted by Crippen LogP contribution is -2.15. The number of hydrogen-bond acceptors (Lipinski definition) is 1. The van der Waals surface area contributed by atoms with Gasteiger partial charge in [-0.25, -0.2) is 0 Å². The van der Waals surface area contributed by atoms with Crippen molar-refractivity contribution in [1.82, 2.24) is 0 Å². The van der Waals surface area contributed by atoms with Crippen LogP contribution in [0.5, 0.6) is 0 Å². The molecule has 4 aliphatic carbocycles. The highest BCUT2D eigenvalue weighted by atomic mass is 35.5. The van der Waals surface area contributed by atoms with E-state index in [0.717, 1.165) is 28.6 Å². The first kappa shape index (κ1) is 50.4. The smallest absolute Gasteiger partial charge is 0.0441 e. The van der Waals surface area contributed by atoms with Crippen LogP contribution in [0.4, 0.5) is 5.69 Å². The van der Waals surface area contributed by atoms with E-state index in [2.05, 4.69) is 182 Å². The van der Waals surface area contributed by atoms with Crippen molar-refractivity contribution < 1.29 is 0 Å². The van der Waals surface area contributed by atoms with Crippen molar-refractivity contribution in [3.05, 3.63) is 230 Å². The maximum atomic E-state index is 6.49. The lowest BCUT2D eigenvalue weighted by atomic mass is 9.78. The van der Waals surface area contributed by atoms with Crippen LogP contribution in [0.1, 0.15) is 171 Å². The Bertz CT molecular complexity index is 3270. The van der Waals surface area contributed by atoms with E-state index in [1.54, 1.807) is 16.7 Å². The minimum absolute atomic E-state index is 0.0573. The van der Waals surface area contributed by atoms with Gasteiger partial charge >= 0.3 is 0 Å². The number of rotatable bonds is 6. The van der Waals surface area contributed by atoms with Crippen LogP contribution >= 0.6 is 11.6 Å². The Balaban J connectivity index is 0.000000140. The van der Waals surface area contributed by atoms with E-state index < -0.39 is 0 Å². The molecule has 2 fully saturated rings. The molecule has 2 heteroatoms. The van der Waals surface area contributed by atoms with E-state index in [4.69, 9.17) is 17.3 Å². The maximum absolute atomic E-state index is 6.49. The highest BCUT2D eigenvalue weighted by Crippen LogP contribution is 2.55. The third kappa shape index (κ3) is 10.00. The molecule has 8 aromatic carbocycles. The van der Waals surface area contributed by atoms with Crippen LogP contribution in [-0.2, 0) is 17.3 Å². The first-order valence-corrected chi connectivity index (χ1v) is 27.9. The summed E-state index contributed by atoms with van der Waals surface area (Å²) < 4.78 is 0. The fourth-order valence-corrected chi connectivity index (χ4v) is 13.1. The average Bonchev–Trinajstić information content (AvgIpc) is 3.78. The summed E-state index contributed by atoms with van der Waals surface area (Å²) in [5, 5.41) is 0.894. The zero-order chi connectivity index (χ0) is 51.0. The van der Waals surface area contributed by atoms with Crippen LogP contribution in [0.2, 0.25) is 5.02 Å². The summed E-state index contributed by atoms with van der Waals surface area (Å²) in [4.78, 5) is 0. The normalized spacial score (nSPS) is 16.2. The summed E-state index contributed by atoms with van der Waals surface area (Å²) in [6.45, 7) is 18.3. The number of nitrogens with two attached hydrogens (primary N) is 1. The Labute approximate surface area is 443 Å². The molecule has 372 valence electrons. The van der Waals surface area contributed by atoms with E-state index in [1.807, 2.05) is 31.2 Å². The first-order chi connectivity index (χ1) is 35.2. The number of fused-ring (bicyclic) bond motifs is 6. The maximum Gasteiger partial charge on any atom is 0.0441 e. The lowest BCUT2D eigenvalue weighted by molar-refractivity contribution is 0.444. The molecule has 12 rings (SSSR count). The molecule has 0 saturated heterocycles. The Morgan fingerprint density at radius 2 is 0.863 bits per heavy atom. The van der Waals surface area contributed by atoms with Crippen LogP contribution in [-0.4, -0.2) is 0 Å². The minimum Gasteiger partial charge on any atom is -0.398 e. The predicted molar refractivity (Wildman–Crippen MR) is 315 cm³/mol. The molecule has 0 aromatic heterocycles. The van der Waals surface area contributed by atoms with E-state index >= 15 is 0 Å². The number of halogens is 1. The molecule has 0 atom stereocenters. The molecule has 0 radical (unpaired) electrons. The first-order valence-electron chi connectivity index (χ1n) is 27.5. The molecule has 1 nitrogen and oxygen atoms in total. The molecule has 2 saturated carbocycles. The second kappa shape index (κ2) is 21.0. The Hall–Kier alpha value is -6.15. The zero-order valence-corrected chi connectivity index (χ0v) is 45.7. The molecular weight excluding hydrogens is 902 g/mol. The van der Waals surface area contributed by atoms with Crippen molar-refractivity contribution in [2.24, 2.45) is 0 Å². The second-order valence-electron chi connectivity index (χ2n) is 23.1. The molecule has 0 heterocycles. The number of nitrogen functional groups attached to an aromatic ring is 1. The molecule has 0 bridgehead atoms. The van der Waals surface area contributed by atoms with Crippen molar-refractivity contribution >= 4 is 17.3 Å². The van der Waals surface area contributed by atoms with Gasteiger partial charge in [-0.2, -0.15) is 0 Å². The fourth-order valence-electron chi connectivity index (χ4n) is 13.0. The number of anilines is 1. The van der Waals surface area contributed by atoms with Gasteiger partial charge in [-0.1, -0.05) is 223 Å². The van der Waals surface area contributed by atoms with Crippen molar-refractivity contribution in [1.29, 1.82) is 0 Å². The van der Waals surface area contributed by atoms with Gasteiger partial charge in [0.25, 0.3) is 0 Å². The summed E-state index contributed by atoms with van der Waals surface area (Å²) in [7, 11) is 0. The van der Waals surface area contributed by atoms with Gasteiger partial charge in [-0.15, -0.1) is 0 Å². The summed E-state index contributed by atoms with van der Waals surface area (Å²) in [5.74, 6) is 1.44. The van der Waals surface area contributed by atoms with Crippen molar-refractivity contribution in [2.45, 2.75) is 149 Å². The van der Waals surface area contributed by atoms with E-state index in [0.29, 0.717) is 5.92 Å². The topological polar surface area (TPSA) is 26.0 Å². The van der Waals surface area contributed by atoms with Crippen LogP contribution in [0, 0.1) is 27.7 Å². The van der Waals surface area contributed by atoms with Crippen LogP contribution in [0.25, 0.3) is 44.5 Å². The van der Waals surface area contributed by atoms with E-state index in [-0.39, 0.29) is 10.8 Å². The van der Waals surface area contributed by atoms with Gasteiger partial charge in [-0.3, -0.25) is 0 Å².